The Hall–Kier alpha value is -2.48. The van der Waals surface area contributed by atoms with Crippen molar-refractivity contribution in [2.45, 2.75) is 51.1 Å². The highest BCUT2D eigenvalue weighted by Crippen LogP contribution is 2.17. The van der Waals surface area contributed by atoms with Crippen LogP contribution in [-0.4, -0.2) is 48.4 Å². The van der Waals surface area contributed by atoms with Gasteiger partial charge in [-0.15, -0.1) is 0 Å². The quantitative estimate of drug-likeness (QED) is 0.708. The Morgan fingerprint density at radius 1 is 1.15 bits per heavy atom. The van der Waals surface area contributed by atoms with Gasteiger partial charge in [0.25, 0.3) is 0 Å². The van der Waals surface area contributed by atoms with Crippen molar-refractivity contribution in [2.75, 3.05) is 18.9 Å². The molecule has 1 fully saturated rings. The van der Waals surface area contributed by atoms with Crippen molar-refractivity contribution in [3.63, 3.8) is 0 Å². The van der Waals surface area contributed by atoms with Crippen LogP contribution < -0.4 is 16.0 Å². The molecule has 8 heteroatoms. The monoisotopic (exact) mass is 378 g/mol. The highest BCUT2D eigenvalue weighted by atomic mass is 19.1. The Kier molecular flexibility index (Phi) is 7.72. The van der Waals surface area contributed by atoms with Crippen LogP contribution in [0.3, 0.4) is 0 Å². The van der Waals surface area contributed by atoms with Crippen molar-refractivity contribution in [2.24, 2.45) is 0 Å². The van der Waals surface area contributed by atoms with Gasteiger partial charge in [0.05, 0.1) is 12.6 Å². The number of imide groups is 1. The summed E-state index contributed by atoms with van der Waals surface area (Å²) in [7, 11) is 1.62. The van der Waals surface area contributed by atoms with Crippen molar-refractivity contribution in [3.05, 3.63) is 30.1 Å². The number of hydrogen-bond acceptors (Lipinski definition) is 4. The minimum atomic E-state index is -0.666. The molecule has 1 atom stereocenters. The first-order valence-corrected chi connectivity index (χ1v) is 9.22. The van der Waals surface area contributed by atoms with Gasteiger partial charge in [-0.25, -0.2) is 9.18 Å². The minimum Gasteiger partial charge on any atom is -0.335 e. The number of nitrogens with one attached hydrogen (secondary N) is 3. The molecule has 7 nitrogen and oxygen atoms in total. The molecule has 1 aromatic rings. The van der Waals surface area contributed by atoms with Gasteiger partial charge >= 0.3 is 6.03 Å². The molecule has 3 N–H and O–H groups in total. The van der Waals surface area contributed by atoms with Gasteiger partial charge in [0.15, 0.2) is 0 Å². The number of nitrogens with zero attached hydrogens (tertiary/aromatic N) is 1. The zero-order valence-electron chi connectivity index (χ0n) is 15.8. The van der Waals surface area contributed by atoms with Crippen LogP contribution in [0.25, 0.3) is 0 Å². The Bertz CT molecular complexity index is 659. The van der Waals surface area contributed by atoms with Crippen LogP contribution in [0, 0.1) is 5.82 Å². The molecular weight excluding hydrogens is 351 g/mol. The summed E-state index contributed by atoms with van der Waals surface area (Å²) in [5.74, 6) is -1.20. The summed E-state index contributed by atoms with van der Waals surface area (Å²) in [5, 5.41) is 7.79. The predicted molar refractivity (Wildman–Crippen MR) is 101 cm³/mol. The fraction of sp³-hybridized carbons (Fsp3) is 0.526. The third-order valence-corrected chi connectivity index (χ3v) is 4.74. The van der Waals surface area contributed by atoms with E-state index in [0.717, 1.165) is 25.7 Å². The van der Waals surface area contributed by atoms with E-state index in [4.69, 9.17) is 0 Å². The Morgan fingerprint density at radius 3 is 2.41 bits per heavy atom. The van der Waals surface area contributed by atoms with Gasteiger partial charge in [-0.05, 0) is 51.1 Å². The molecule has 1 aliphatic carbocycles. The number of carbonyl (C=O) groups is 3. The third kappa shape index (κ3) is 6.97. The van der Waals surface area contributed by atoms with E-state index in [1.165, 1.54) is 35.6 Å². The first kappa shape index (κ1) is 20.8. The van der Waals surface area contributed by atoms with Crippen molar-refractivity contribution in [1.29, 1.82) is 0 Å². The number of rotatable bonds is 6. The van der Waals surface area contributed by atoms with E-state index >= 15 is 0 Å². The van der Waals surface area contributed by atoms with Crippen molar-refractivity contribution < 1.29 is 18.8 Å². The van der Waals surface area contributed by atoms with Crippen molar-refractivity contribution in [1.82, 2.24) is 15.5 Å². The number of halogens is 1. The second-order valence-electron chi connectivity index (χ2n) is 6.94. The van der Waals surface area contributed by atoms with Gasteiger partial charge in [-0.2, -0.15) is 0 Å². The predicted octanol–water partition coefficient (Wildman–Crippen LogP) is 2.24. The molecule has 0 spiro atoms. The Morgan fingerprint density at radius 2 is 1.78 bits per heavy atom. The maximum absolute atomic E-state index is 12.9. The van der Waals surface area contributed by atoms with Crippen LogP contribution in [0.5, 0.6) is 0 Å². The number of hydrogen-bond donors (Lipinski definition) is 3. The summed E-state index contributed by atoms with van der Waals surface area (Å²) < 4.78 is 12.9. The number of carbonyl (C=O) groups excluding carboxylic acids is 3. The Labute approximate surface area is 158 Å². The second kappa shape index (κ2) is 10.0. The normalized spacial score (nSPS) is 15.9. The molecule has 0 bridgehead atoms. The number of amides is 4. The molecule has 0 heterocycles. The highest BCUT2D eigenvalue weighted by molar-refractivity contribution is 5.97. The summed E-state index contributed by atoms with van der Waals surface area (Å²) >= 11 is 0. The molecule has 1 aliphatic rings. The van der Waals surface area contributed by atoms with E-state index in [9.17, 15) is 18.8 Å². The highest BCUT2D eigenvalue weighted by Gasteiger charge is 2.23. The van der Waals surface area contributed by atoms with Gasteiger partial charge in [-0.3, -0.25) is 19.8 Å². The molecule has 0 radical (unpaired) electrons. The molecule has 27 heavy (non-hydrogen) atoms. The van der Waals surface area contributed by atoms with Gasteiger partial charge in [0.2, 0.25) is 11.8 Å². The van der Waals surface area contributed by atoms with Gasteiger partial charge in [0, 0.05) is 11.7 Å². The summed E-state index contributed by atoms with van der Waals surface area (Å²) in [5.41, 5.74) is 0.471. The van der Waals surface area contributed by atoms with E-state index in [1.807, 2.05) is 0 Å². The number of benzene rings is 1. The van der Waals surface area contributed by atoms with E-state index in [0.29, 0.717) is 5.69 Å². The zero-order valence-corrected chi connectivity index (χ0v) is 15.8. The largest absolute Gasteiger partial charge is 0.335 e. The summed E-state index contributed by atoms with van der Waals surface area (Å²) in [4.78, 5) is 37.8. The molecule has 0 saturated heterocycles. The van der Waals surface area contributed by atoms with Gasteiger partial charge < -0.3 is 10.6 Å². The molecule has 148 valence electrons. The van der Waals surface area contributed by atoms with Crippen LogP contribution in [0.2, 0.25) is 0 Å². The lowest BCUT2D eigenvalue weighted by molar-refractivity contribution is -0.125. The summed E-state index contributed by atoms with van der Waals surface area (Å²) in [6.07, 6.45) is 5.21. The van der Waals surface area contributed by atoms with Gasteiger partial charge in [-0.1, -0.05) is 19.3 Å². The molecule has 2 rings (SSSR count). The smallest absolute Gasteiger partial charge is 0.321 e. The van der Waals surface area contributed by atoms with Gasteiger partial charge in [0.1, 0.15) is 5.82 Å². The van der Waals surface area contributed by atoms with Crippen LogP contribution in [0.4, 0.5) is 14.9 Å². The first-order chi connectivity index (χ1) is 12.8. The molecule has 0 aliphatic heterocycles. The van der Waals surface area contributed by atoms with E-state index < -0.39 is 18.0 Å². The topological polar surface area (TPSA) is 90.5 Å². The molecular formula is C19H27FN4O3. The van der Waals surface area contributed by atoms with E-state index in [2.05, 4.69) is 16.0 Å². The van der Waals surface area contributed by atoms with Crippen LogP contribution >= 0.6 is 0 Å². The number of urea groups is 1. The second-order valence-corrected chi connectivity index (χ2v) is 6.94. The number of likely N-dealkylation sites (N-methyl/N-ethyl adjacent to an activating group) is 1. The fourth-order valence-corrected chi connectivity index (χ4v) is 2.98. The lowest BCUT2D eigenvalue weighted by atomic mass is 9.96. The SMILES string of the molecule is C[C@@H](C(=O)NC(=O)NC1CCCCC1)N(C)CC(=O)Nc1ccc(F)cc1. The minimum absolute atomic E-state index is 0.0454. The summed E-state index contributed by atoms with van der Waals surface area (Å²) in [6, 6.07) is 4.36. The molecule has 0 unspecified atom stereocenters. The Balaban J connectivity index is 1.76. The van der Waals surface area contributed by atoms with E-state index in [1.54, 1.807) is 14.0 Å². The summed E-state index contributed by atoms with van der Waals surface area (Å²) in [6.45, 7) is 1.57. The average molecular weight is 378 g/mol. The first-order valence-electron chi connectivity index (χ1n) is 9.22. The van der Waals surface area contributed by atoms with Crippen LogP contribution in [0.15, 0.2) is 24.3 Å². The average Bonchev–Trinajstić information content (AvgIpc) is 2.63. The molecule has 0 aromatic heterocycles. The number of anilines is 1. The van der Waals surface area contributed by atoms with Crippen molar-refractivity contribution in [3.8, 4) is 0 Å². The van der Waals surface area contributed by atoms with E-state index in [-0.39, 0.29) is 24.3 Å². The lowest BCUT2D eigenvalue weighted by Gasteiger charge is -2.25. The molecule has 4 amide bonds. The lowest BCUT2D eigenvalue weighted by Crippen LogP contribution is -2.51. The van der Waals surface area contributed by atoms with Crippen LogP contribution in [-0.2, 0) is 9.59 Å². The molecule has 1 saturated carbocycles. The third-order valence-electron chi connectivity index (χ3n) is 4.74. The molecule has 1 aromatic carbocycles. The van der Waals surface area contributed by atoms with Crippen molar-refractivity contribution >= 4 is 23.5 Å². The van der Waals surface area contributed by atoms with Crippen LogP contribution in [0.1, 0.15) is 39.0 Å². The fourth-order valence-electron chi connectivity index (χ4n) is 2.98. The maximum atomic E-state index is 12.9. The standard InChI is InChI=1S/C19H27FN4O3/c1-13(18(26)23-19(27)22-15-6-4-3-5-7-15)24(2)12-17(25)21-16-10-8-14(20)9-11-16/h8-11,13,15H,3-7,12H2,1-2H3,(H,21,25)(H2,22,23,26,27)/t13-/m0/s1. The zero-order chi connectivity index (χ0) is 19.8. The maximum Gasteiger partial charge on any atom is 0.321 e.